The Morgan fingerprint density at radius 1 is 1.24 bits per heavy atom. The third-order valence-corrected chi connectivity index (χ3v) is 6.40. The molecule has 29 heavy (non-hydrogen) atoms. The van der Waals surface area contributed by atoms with E-state index < -0.39 is 12.0 Å². The molecule has 1 saturated carbocycles. The number of anilines is 1. The second kappa shape index (κ2) is 6.50. The van der Waals surface area contributed by atoms with Crippen LogP contribution in [0.4, 0.5) is 19.4 Å². The molecule has 1 aromatic rings. The lowest BCUT2D eigenvalue weighted by Crippen LogP contribution is -2.66. The van der Waals surface area contributed by atoms with Crippen LogP contribution in [-0.2, 0) is 9.53 Å². The molecule has 4 heterocycles. The number of nitrogens with zero attached hydrogens (tertiary/aromatic N) is 4. The van der Waals surface area contributed by atoms with Gasteiger partial charge in [-0.1, -0.05) is 0 Å². The number of hydrogen-bond donors (Lipinski definition) is 1. The van der Waals surface area contributed by atoms with Crippen LogP contribution in [0.25, 0.3) is 0 Å². The highest BCUT2D eigenvalue weighted by atomic mass is 19.3. The number of rotatable bonds is 5. The van der Waals surface area contributed by atoms with Gasteiger partial charge in [-0.3, -0.25) is 9.78 Å². The highest BCUT2D eigenvalue weighted by Crippen LogP contribution is 2.57. The van der Waals surface area contributed by atoms with Crippen LogP contribution in [0.5, 0.6) is 0 Å². The summed E-state index contributed by atoms with van der Waals surface area (Å²) in [5.41, 5.74) is 0.617. The molecular formula is C19H23F2N5O3. The van der Waals surface area contributed by atoms with Gasteiger partial charge in [0.25, 0.3) is 0 Å². The van der Waals surface area contributed by atoms with Gasteiger partial charge < -0.3 is 19.9 Å². The number of carbonyl (C=O) groups excluding carboxylic acids is 2. The molecule has 1 N–H and O–H groups in total. The summed E-state index contributed by atoms with van der Waals surface area (Å²) in [6.45, 7) is 2.78. The zero-order valence-electron chi connectivity index (χ0n) is 15.9. The molecule has 3 aliphatic heterocycles. The van der Waals surface area contributed by atoms with Crippen molar-refractivity contribution in [2.24, 2.45) is 5.41 Å². The Bertz CT molecular complexity index is 812. The standard InChI is InChI=1S/C19H23F2N5O3/c20-19(21)8-18(9-19)10-26(11-18)15-4-22-14(3-23-15)12-5-25(6-12)16(27)2-1-13-7-29-17(28)24-13/h3-4,12-13H,1-2,5-11H2,(H,24,28). The van der Waals surface area contributed by atoms with Crippen LogP contribution in [-0.4, -0.2) is 71.6 Å². The predicted octanol–water partition coefficient (Wildman–Crippen LogP) is 1.53. The van der Waals surface area contributed by atoms with Gasteiger partial charge in [-0.15, -0.1) is 0 Å². The zero-order chi connectivity index (χ0) is 20.2. The first-order valence-corrected chi connectivity index (χ1v) is 9.97. The van der Waals surface area contributed by atoms with Crippen molar-refractivity contribution >= 4 is 17.8 Å². The maximum atomic E-state index is 13.1. The van der Waals surface area contributed by atoms with E-state index in [1.54, 1.807) is 17.3 Å². The number of alkyl halides is 2. The van der Waals surface area contributed by atoms with Gasteiger partial charge in [-0.05, 0) is 6.42 Å². The van der Waals surface area contributed by atoms with E-state index in [0.29, 0.717) is 45.6 Å². The van der Waals surface area contributed by atoms with E-state index in [-0.39, 0.29) is 36.1 Å². The first-order chi connectivity index (χ1) is 13.8. The van der Waals surface area contributed by atoms with Gasteiger partial charge in [-0.2, -0.15) is 0 Å². The molecule has 8 nitrogen and oxygen atoms in total. The van der Waals surface area contributed by atoms with E-state index >= 15 is 0 Å². The smallest absolute Gasteiger partial charge is 0.407 e. The van der Waals surface area contributed by atoms with E-state index in [2.05, 4.69) is 15.3 Å². The molecule has 0 bridgehead atoms. The maximum Gasteiger partial charge on any atom is 0.407 e. The molecule has 4 aliphatic rings. The molecular weight excluding hydrogens is 384 g/mol. The summed E-state index contributed by atoms with van der Waals surface area (Å²) in [6.07, 6.45) is 3.92. The minimum Gasteiger partial charge on any atom is -0.447 e. The lowest BCUT2D eigenvalue weighted by atomic mass is 9.61. The van der Waals surface area contributed by atoms with Crippen LogP contribution >= 0.6 is 0 Å². The summed E-state index contributed by atoms with van der Waals surface area (Å²) >= 11 is 0. The van der Waals surface area contributed by atoms with E-state index in [0.717, 1.165) is 11.5 Å². The van der Waals surface area contributed by atoms with Crippen molar-refractivity contribution in [1.82, 2.24) is 20.2 Å². The van der Waals surface area contributed by atoms with Gasteiger partial charge in [0.05, 0.1) is 24.1 Å². The van der Waals surface area contributed by atoms with Crippen molar-refractivity contribution in [2.75, 3.05) is 37.7 Å². The first kappa shape index (κ1) is 18.5. The largest absolute Gasteiger partial charge is 0.447 e. The average molecular weight is 407 g/mol. The fraction of sp³-hybridized carbons (Fsp3) is 0.684. The second-order valence-corrected chi connectivity index (χ2v) is 8.84. The molecule has 1 aromatic heterocycles. The summed E-state index contributed by atoms with van der Waals surface area (Å²) in [5.74, 6) is -1.53. The third-order valence-electron chi connectivity index (χ3n) is 6.40. The number of aromatic nitrogens is 2. The molecule has 2 amide bonds. The number of ether oxygens (including phenoxy) is 1. The van der Waals surface area contributed by atoms with E-state index in [9.17, 15) is 18.4 Å². The van der Waals surface area contributed by atoms with Crippen LogP contribution in [0.15, 0.2) is 12.4 Å². The molecule has 1 unspecified atom stereocenters. The molecule has 5 rings (SSSR count). The van der Waals surface area contributed by atoms with Gasteiger partial charge in [-0.25, -0.2) is 18.6 Å². The fourth-order valence-electron chi connectivity index (χ4n) is 4.81. The number of hydrogen-bond acceptors (Lipinski definition) is 6. The first-order valence-electron chi connectivity index (χ1n) is 9.97. The normalized spacial score (nSPS) is 27.0. The van der Waals surface area contributed by atoms with Crippen LogP contribution < -0.4 is 10.2 Å². The third kappa shape index (κ3) is 3.49. The van der Waals surface area contributed by atoms with Crippen molar-refractivity contribution in [1.29, 1.82) is 0 Å². The van der Waals surface area contributed by atoms with E-state index in [4.69, 9.17) is 4.74 Å². The Morgan fingerprint density at radius 3 is 2.59 bits per heavy atom. The minimum atomic E-state index is -2.49. The van der Waals surface area contributed by atoms with E-state index in [1.165, 1.54) is 0 Å². The molecule has 4 fully saturated rings. The highest BCUT2D eigenvalue weighted by Gasteiger charge is 2.61. The summed E-state index contributed by atoms with van der Waals surface area (Å²) in [7, 11) is 0. The van der Waals surface area contributed by atoms with Crippen molar-refractivity contribution in [3.05, 3.63) is 18.1 Å². The Hall–Kier alpha value is -2.52. The monoisotopic (exact) mass is 407 g/mol. The lowest BCUT2D eigenvalue weighted by Gasteiger charge is -2.58. The summed E-state index contributed by atoms with van der Waals surface area (Å²) in [6, 6.07) is -0.0891. The van der Waals surface area contributed by atoms with Crippen LogP contribution in [0.2, 0.25) is 0 Å². The molecule has 10 heteroatoms. The Balaban J connectivity index is 1.06. The quantitative estimate of drug-likeness (QED) is 0.797. The number of likely N-dealkylation sites (tertiary alicyclic amines) is 1. The Kier molecular flexibility index (Phi) is 4.15. The number of amides is 2. The molecule has 0 aromatic carbocycles. The highest BCUT2D eigenvalue weighted by molar-refractivity contribution is 5.77. The minimum absolute atomic E-state index is 0.0198. The number of alkyl carbamates (subject to hydrolysis) is 1. The lowest BCUT2D eigenvalue weighted by molar-refractivity contribution is -0.170. The van der Waals surface area contributed by atoms with Crippen molar-refractivity contribution in [2.45, 2.75) is 43.6 Å². The van der Waals surface area contributed by atoms with Gasteiger partial charge in [0.1, 0.15) is 12.4 Å². The van der Waals surface area contributed by atoms with Crippen LogP contribution in [0.3, 0.4) is 0 Å². The molecule has 1 atom stereocenters. The fourth-order valence-corrected chi connectivity index (χ4v) is 4.81. The number of carbonyl (C=O) groups is 2. The Morgan fingerprint density at radius 2 is 2.00 bits per heavy atom. The zero-order valence-corrected chi connectivity index (χ0v) is 15.9. The Labute approximate surface area is 166 Å². The maximum absolute atomic E-state index is 13.1. The number of nitrogens with one attached hydrogen (secondary N) is 1. The average Bonchev–Trinajstić information content (AvgIpc) is 3.00. The summed E-state index contributed by atoms with van der Waals surface area (Å²) in [4.78, 5) is 35.9. The van der Waals surface area contributed by atoms with Crippen molar-refractivity contribution in [3.63, 3.8) is 0 Å². The van der Waals surface area contributed by atoms with Gasteiger partial charge in [0.2, 0.25) is 11.8 Å². The topological polar surface area (TPSA) is 87.7 Å². The molecule has 0 radical (unpaired) electrons. The molecule has 3 saturated heterocycles. The number of cyclic esters (lactones) is 1. The molecule has 156 valence electrons. The van der Waals surface area contributed by atoms with Crippen LogP contribution in [0.1, 0.15) is 37.3 Å². The molecule has 1 spiro atoms. The molecule has 1 aliphatic carbocycles. The SMILES string of the molecule is O=C1NC(CCC(=O)N2CC(c3cnc(N4CC5(C4)CC(F)(F)C5)cn3)C2)CO1. The second-order valence-electron chi connectivity index (χ2n) is 8.84. The van der Waals surface area contributed by atoms with E-state index in [1.807, 2.05) is 4.90 Å². The van der Waals surface area contributed by atoms with Gasteiger partial charge >= 0.3 is 6.09 Å². The number of halogens is 2. The summed E-state index contributed by atoms with van der Waals surface area (Å²) < 4.78 is 31.0. The van der Waals surface area contributed by atoms with Gasteiger partial charge in [0, 0.05) is 56.8 Å². The van der Waals surface area contributed by atoms with Gasteiger partial charge in [0.15, 0.2) is 0 Å². The van der Waals surface area contributed by atoms with Crippen molar-refractivity contribution in [3.8, 4) is 0 Å². The predicted molar refractivity (Wildman–Crippen MR) is 97.7 cm³/mol. The summed E-state index contributed by atoms with van der Waals surface area (Å²) in [5, 5.41) is 2.67. The van der Waals surface area contributed by atoms with Crippen molar-refractivity contribution < 1.29 is 23.1 Å². The van der Waals surface area contributed by atoms with Crippen LogP contribution in [0, 0.1) is 5.41 Å².